The SMILES string of the molecule is O=c1[nH]c(=O)n(-c2ccc(Cl)cc2)c2c1CN(C1CCCCC1)CN2. The minimum Gasteiger partial charge on any atom is -0.358 e. The third kappa shape index (κ3) is 3.12. The van der Waals surface area contributed by atoms with Crippen molar-refractivity contribution < 1.29 is 0 Å². The van der Waals surface area contributed by atoms with Crippen LogP contribution in [-0.2, 0) is 6.54 Å². The number of benzene rings is 1. The molecule has 1 fully saturated rings. The fourth-order valence-corrected chi connectivity index (χ4v) is 4.01. The van der Waals surface area contributed by atoms with Gasteiger partial charge in [-0.2, -0.15) is 0 Å². The average molecular weight is 361 g/mol. The number of halogens is 1. The van der Waals surface area contributed by atoms with Crippen molar-refractivity contribution in [3.63, 3.8) is 0 Å². The Kier molecular flexibility index (Phi) is 4.39. The largest absolute Gasteiger partial charge is 0.358 e. The summed E-state index contributed by atoms with van der Waals surface area (Å²) in [5, 5.41) is 3.91. The summed E-state index contributed by atoms with van der Waals surface area (Å²) in [6.07, 6.45) is 6.13. The van der Waals surface area contributed by atoms with Gasteiger partial charge in [0.15, 0.2) is 0 Å². The standard InChI is InChI=1S/C18H21ClN4O2/c19-12-6-8-14(9-7-12)23-16-15(17(24)21-18(23)25)10-22(11-20-16)13-4-2-1-3-5-13/h6-9,13,20H,1-5,10-11H2,(H,21,24,25). The van der Waals surface area contributed by atoms with Crippen LogP contribution in [-0.4, -0.2) is 27.2 Å². The van der Waals surface area contributed by atoms with Gasteiger partial charge in [0, 0.05) is 17.6 Å². The van der Waals surface area contributed by atoms with Crippen LogP contribution in [0.2, 0.25) is 5.02 Å². The molecule has 1 aliphatic carbocycles. The summed E-state index contributed by atoms with van der Waals surface area (Å²) in [6, 6.07) is 7.52. The number of hydrogen-bond donors (Lipinski definition) is 2. The van der Waals surface area contributed by atoms with Crippen LogP contribution < -0.4 is 16.6 Å². The molecular formula is C18H21ClN4O2. The van der Waals surface area contributed by atoms with Gasteiger partial charge in [-0.25, -0.2) is 9.36 Å². The Morgan fingerprint density at radius 1 is 1.04 bits per heavy atom. The lowest BCUT2D eigenvalue weighted by Gasteiger charge is -2.38. The molecule has 2 N–H and O–H groups in total. The molecule has 4 rings (SSSR count). The lowest BCUT2D eigenvalue weighted by Crippen LogP contribution is -2.47. The highest BCUT2D eigenvalue weighted by Crippen LogP contribution is 2.28. The van der Waals surface area contributed by atoms with Crippen molar-refractivity contribution in [2.24, 2.45) is 0 Å². The molecule has 25 heavy (non-hydrogen) atoms. The molecule has 0 radical (unpaired) electrons. The summed E-state index contributed by atoms with van der Waals surface area (Å²) in [4.78, 5) is 29.6. The molecule has 1 aromatic carbocycles. The van der Waals surface area contributed by atoms with E-state index in [1.54, 1.807) is 24.3 Å². The zero-order chi connectivity index (χ0) is 17.4. The molecule has 1 aliphatic heterocycles. The maximum atomic E-state index is 12.4. The summed E-state index contributed by atoms with van der Waals surface area (Å²) in [6.45, 7) is 1.21. The van der Waals surface area contributed by atoms with Crippen molar-refractivity contribution in [1.29, 1.82) is 0 Å². The number of hydrogen-bond acceptors (Lipinski definition) is 4. The van der Waals surface area contributed by atoms with Gasteiger partial charge in [0.25, 0.3) is 5.56 Å². The number of H-pyrrole nitrogens is 1. The highest BCUT2D eigenvalue weighted by atomic mass is 35.5. The second-order valence-corrected chi connectivity index (χ2v) is 7.21. The first kappa shape index (κ1) is 16.4. The molecule has 0 amide bonds. The Morgan fingerprint density at radius 2 is 1.76 bits per heavy atom. The molecule has 6 nitrogen and oxygen atoms in total. The van der Waals surface area contributed by atoms with E-state index in [4.69, 9.17) is 11.6 Å². The van der Waals surface area contributed by atoms with E-state index in [1.807, 2.05) is 0 Å². The van der Waals surface area contributed by atoms with Crippen molar-refractivity contribution in [1.82, 2.24) is 14.5 Å². The van der Waals surface area contributed by atoms with Gasteiger partial charge in [0.1, 0.15) is 5.82 Å². The van der Waals surface area contributed by atoms with E-state index in [-0.39, 0.29) is 5.56 Å². The van der Waals surface area contributed by atoms with Crippen molar-refractivity contribution in [2.45, 2.75) is 44.7 Å². The van der Waals surface area contributed by atoms with E-state index in [2.05, 4.69) is 15.2 Å². The number of nitrogens with zero attached hydrogens (tertiary/aromatic N) is 2. The topological polar surface area (TPSA) is 70.1 Å². The normalized spacial score (nSPS) is 18.6. The van der Waals surface area contributed by atoms with Crippen LogP contribution in [0.5, 0.6) is 0 Å². The van der Waals surface area contributed by atoms with Crippen LogP contribution in [0.1, 0.15) is 37.7 Å². The Labute approximate surface area is 150 Å². The fourth-order valence-electron chi connectivity index (χ4n) is 3.88. The number of aromatic nitrogens is 2. The first-order valence-electron chi connectivity index (χ1n) is 8.75. The molecule has 0 bridgehead atoms. The van der Waals surface area contributed by atoms with Crippen LogP contribution >= 0.6 is 11.6 Å². The quantitative estimate of drug-likeness (QED) is 0.863. The van der Waals surface area contributed by atoms with Crippen LogP contribution in [0, 0.1) is 0 Å². The molecule has 0 unspecified atom stereocenters. The van der Waals surface area contributed by atoms with E-state index >= 15 is 0 Å². The minimum atomic E-state index is -0.440. The van der Waals surface area contributed by atoms with E-state index in [0.717, 1.165) is 0 Å². The molecular weight excluding hydrogens is 340 g/mol. The summed E-state index contributed by atoms with van der Waals surface area (Å²) in [5.41, 5.74) is 0.551. The zero-order valence-corrected chi connectivity index (χ0v) is 14.7. The maximum absolute atomic E-state index is 12.4. The van der Waals surface area contributed by atoms with Crippen molar-refractivity contribution >= 4 is 17.4 Å². The molecule has 7 heteroatoms. The minimum absolute atomic E-state index is 0.307. The third-order valence-corrected chi connectivity index (χ3v) is 5.45. The fraction of sp³-hybridized carbons (Fsp3) is 0.444. The Morgan fingerprint density at radius 3 is 2.48 bits per heavy atom. The van der Waals surface area contributed by atoms with Crippen molar-refractivity contribution in [3.8, 4) is 5.69 Å². The molecule has 1 aromatic heterocycles. The molecule has 0 atom stereocenters. The van der Waals surface area contributed by atoms with Gasteiger partial charge in [-0.05, 0) is 37.1 Å². The smallest absolute Gasteiger partial charge is 0.334 e. The number of aromatic amines is 1. The Bertz CT molecular complexity index is 881. The molecule has 132 valence electrons. The lowest BCUT2D eigenvalue weighted by molar-refractivity contribution is 0.152. The van der Waals surface area contributed by atoms with E-state index in [1.165, 1.54) is 36.7 Å². The van der Waals surface area contributed by atoms with Crippen LogP contribution in [0.4, 0.5) is 5.82 Å². The highest BCUT2D eigenvalue weighted by Gasteiger charge is 2.28. The van der Waals surface area contributed by atoms with Crippen LogP contribution in [0.15, 0.2) is 33.9 Å². The van der Waals surface area contributed by atoms with Crippen LogP contribution in [0.25, 0.3) is 5.69 Å². The summed E-state index contributed by atoms with van der Waals surface area (Å²) in [7, 11) is 0. The summed E-state index contributed by atoms with van der Waals surface area (Å²) in [5.74, 6) is 0.586. The van der Waals surface area contributed by atoms with E-state index < -0.39 is 5.69 Å². The van der Waals surface area contributed by atoms with Gasteiger partial charge in [-0.15, -0.1) is 0 Å². The van der Waals surface area contributed by atoms with Gasteiger partial charge in [0.2, 0.25) is 0 Å². The van der Waals surface area contributed by atoms with Crippen LogP contribution in [0.3, 0.4) is 0 Å². The molecule has 1 saturated carbocycles. The molecule has 2 aliphatic rings. The maximum Gasteiger partial charge on any atom is 0.334 e. The molecule has 2 aromatic rings. The summed E-state index contributed by atoms with van der Waals surface area (Å²) >= 11 is 5.95. The lowest BCUT2D eigenvalue weighted by atomic mass is 9.94. The Hall–Kier alpha value is -2.05. The second-order valence-electron chi connectivity index (χ2n) is 6.77. The number of nitrogens with one attached hydrogen (secondary N) is 2. The number of anilines is 1. The van der Waals surface area contributed by atoms with Gasteiger partial charge in [0.05, 0.1) is 17.9 Å². The van der Waals surface area contributed by atoms with Crippen molar-refractivity contribution in [3.05, 3.63) is 55.7 Å². The van der Waals surface area contributed by atoms with Crippen molar-refractivity contribution in [2.75, 3.05) is 12.0 Å². The summed E-state index contributed by atoms with van der Waals surface area (Å²) < 4.78 is 1.52. The second kappa shape index (κ2) is 6.69. The molecule has 0 spiro atoms. The number of fused-ring (bicyclic) bond motifs is 1. The highest BCUT2D eigenvalue weighted by molar-refractivity contribution is 6.30. The zero-order valence-electron chi connectivity index (χ0n) is 13.9. The monoisotopic (exact) mass is 360 g/mol. The van der Waals surface area contributed by atoms with Gasteiger partial charge >= 0.3 is 5.69 Å². The predicted octanol–water partition coefficient (Wildman–Crippen LogP) is 2.70. The van der Waals surface area contributed by atoms with E-state index in [9.17, 15) is 9.59 Å². The van der Waals surface area contributed by atoms with Gasteiger partial charge < -0.3 is 5.32 Å². The third-order valence-electron chi connectivity index (χ3n) is 5.19. The first-order valence-corrected chi connectivity index (χ1v) is 9.13. The first-order chi connectivity index (χ1) is 12.1. The number of rotatable bonds is 2. The van der Waals surface area contributed by atoms with Gasteiger partial charge in [-0.3, -0.25) is 14.7 Å². The molecule has 2 heterocycles. The predicted molar refractivity (Wildman–Crippen MR) is 98.6 cm³/mol. The van der Waals surface area contributed by atoms with E-state index in [0.29, 0.717) is 41.3 Å². The Balaban J connectivity index is 1.74. The van der Waals surface area contributed by atoms with Gasteiger partial charge in [-0.1, -0.05) is 30.9 Å². The average Bonchev–Trinajstić information content (AvgIpc) is 2.64. The molecule has 0 saturated heterocycles.